The zero-order valence-corrected chi connectivity index (χ0v) is 15.4. The molecule has 0 aliphatic heterocycles. The van der Waals surface area contributed by atoms with Gasteiger partial charge in [0.2, 0.25) is 0 Å². The van der Waals surface area contributed by atoms with E-state index in [4.69, 9.17) is 9.47 Å². The molecule has 2 aromatic rings. The number of carbonyl (C=O) groups is 1. The van der Waals surface area contributed by atoms with Crippen molar-refractivity contribution in [2.45, 2.75) is 45.8 Å². The first-order valence-electron chi connectivity index (χ1n) is 8.75. The molecule has 0 unspecified atom stereocenters. The molecule has 0 radical (unpaired) electrons. The van der Waals surface area contributed by atoms with Crippen molar-refractivity contribution in [2.75, 3.05) is 7.11 Å². The molecular weight excluding hydrogens is 314 g/mol. The monoisotopic (exact) mass is 341 g/mol. The van der Waals surface area contributed by atoms with Crippen LogP contribution in [0.1, 0.15) is 43.9 Å². The maximum atomic E-state index is 12.7. The Morgan fingerprint density at radius 2 is 1.56 bits per heavy atom. The van der Waals surface area contributed by atoms with Crippen LogP contribution in [-0.4, -0.2) is 19.1 Å². The summed E-state index contributed by atoms with van der Waals surface area (Å²) in [5.74, 6) is 1.43. The highest BCUT2D eigenvalue weighted by Crippen LogP contribution is 2.21. The number of ether oxygens (including phenoxy) is 2. The minimum atomic E-state index is -0.505. The lowest BCUT2D eigenvalue weighted by Gasteiger charge is -2.22. The van der Waals surface area contributed by atoms with Crippen LogP contribution in [0, 0.1) is 6.92 Å². The van der Waals surface area contributed by atoms with Gasteiger partial charge in [-0.15, -0.1) is 0 Å². The summed E-state index contributed by atoms with van der Waals surface area (Å²) in [5, 5.41) is 3.10. The third kappa shape index (κ3) is 5.24. The van der Waals surface area contributed by atoms with Gasteiger partial charge in [0.15, 0.2) is 6.10 Å². The number of benzene rings is 2. The second-order valence-corrected chi connectivity index (χ2v) is 6.07. The predicted molar refractivity (Wildman–Crippen MR) is 100 cm³/mol. The van der Waals surface area contributed by atoms with Crippen molar-refractivity contribution in [1.82, 2.24) is 5.32 Å². The Labute approximate surface area is 150 Å². The SMILES string of the molecule is CC[C@H](NC(=O)[C@@H](CC)Oc1ccc(C)cc1)c1ccc(OC)cc1. The number of rotatable bonds is 8. The van der Waals surface area contributed by atoms with Gasteiger partial charge in [0.1, 0.15) is 11.5 Å². The highest BCUT2D eigenvalue weighted by atomic mass is 16.5. The third-order valence-corrected chi connectivity index (χ3v) is 4.21. The molecule has 0 bridgehead atoms. The Balaban J connectivity index is 2.03. The van der Waals surface area contributed by atoms with Crippen molar-refractivity contribution in [3.05, 3.63) is 59.7 Å². The first-order valence-corrected chi connectivity index (χ1v) is 8.75. The molecule has 4 nitrogen and oxygen atoms in total. The fraction of sp³-hybridized carbons (Fsp3) is 0.381. The second kappa shape index (κ2) is 9.11. The van der Waals surface area contributed by atoms with Crippen LogP contribution in [-0.2, 0) is 4.79 Å². The van der Waals surface area contributed by atoms with Gasteiger partial charge in [-0.1, -0.05) is 43.7 Å². The van der Waals surface area contributed by atoms with Crippen LogP contribution in [0.5, 0.6) is 11.5 Å². The average Bonchev–Trinajstić information content (AvgIpc) is 2.65. The van der Waals surface area contributed by atoms with Gasteiger partial charge >= 0.3 is 0 Å². The molecule has 134 valence electrons. The Bertz CT molecular complexity index is 665. The lowest BCUT2D eigenvalue weighted by atomic mass is 10.0. The molecule has 0 fully saturated rings. The van der Waals surface area contributed by atoms with E-state index in [0.29, 0.717) is 12.2 Å². The van der Waals surface area contributed by atoms with E-state index >= 15 is 0 Å². The molecule has 0 saturated carbocycles. The Hall–Kier alpha value is -2.49. The number of amides is 1. The highest BCUT2D eigenvalue weighted by molar-refractivity contribution is 5.81. The van der Waals surface area contributed by atoms with Crippen molar-refractivity contribution in [2.24, 2.45) is 0 Å². The van der Waals surface area contributed by atoms with Gasteiger partial charge in [-0.05, 0) is 49.6 Å². The number of aryl methyl sites for hydroxylation is 1. The van der Waals surface area contributed by atoms with E-state index in [1.807, 2.05) is 62.4 Å². The molecule has 2 aromatic carbocycles. The molecular formula is C21H27NO3. The van der Waals surface area contributed by atoms with Gasteiger partial charge in [0.25, 0.3) is 5.91 Å². The lowest BCUT2D eigenvalue weighted by Crippen LogP contribution is -2.39. The van der Waals surface area contributed by atoms with E-state index in [1.165, 1.54) is 0 Å². The van der Waals surface area contributed by atoms with Crippen LogP contribution in [0.2, 0.25) is 0 Å². The zero-order valence-electron chi connectivity index (χ0n) is 15.4. The van der Waals surface area contributed by atoms with Gasteiger partial charge in [0, 0.05) is 0 Å². The van der Waals surface area contributed by atoms with E-state index in [0.717, 1.165) is 23.3 Å². The van der Waals surface area contributed by atoms with Crippen LogP contribution >= 0.6 is 0 Å². The minimum Gasteiger partial charge on any atom is -0.497 e. The first-order chi connectivity index (χ1) is 12.1. The molecule has 0 saturated heterocycles. The molecule has 0 aliphatic carbocycles. The summed E-state index contributed by atoms with van der Waals surface area (Å²) in [5.41, 5.74) is 2.22. The van der Waals surface area contributed by atoms with Crippen molar-refractivity contribution in [3.8, 4) is 11.5 Å². The summed E-state index contributed by atoms with van der Waals surface area (Å²) in [6.45, 7) is 6.03. The standard InChI is InChI=1S/C21H27NO3/c1-5-19(16-9-13-17(24-4)14-10-16)22-21(23)20(6-2)25-18-11-7-15(3)8-12-18/h7-14,19-20H,5-6H2,1-4H3,(H,22,23)/t19-,20+/m0/s1. The summed E-state index contributed by atoms with van der Waals surface area (Å²) in [4.78, 5) is 12.7. The largest absolute Gasteiger partial charge is 0.497 e. The van der Waals surface area contributed by atoms with Crippen molar-refractivity contribution in [1.29, 1.82) is 0 Å². The summed E-state index contributed by atoms with van der Waals surface area (Å²) >= 11 is 0. The van der Waals surface area contributed by atoms with Crippen LogP contribution in [0.15, 0.2) is 48.5 Å². The number of methoxy groups -OCH3 is 1. The summed E-state index contributed by atoms with van der Waals surface area (Å²) in [7, 11) is 1.64. The fourth-order valence-corrected chi connectivity index (χ4v) is 2.63. The number of carbonyl (C=O) groups excluding carboxylic acids is 1. The van der Waals surface area contributed by atoms with Crippen LogP contribution < -0.4 is 14.8 Å². The smallest absolute Gasteiger partial charge is 0.261 e. The van der Waals surface area contributed by atoms with E-state index < -0.39 is 6.10 Å². The minimum absolute atomic E-state index is 0.0472. The van der Waals surface area contributed by atoms with Gasteiger partial charge in [-0.2, -0.15) is 0 Å². The maximum absolute atomic E-state index is 12.7. The number of hydrogen-bond acceptors (Lipinski definition) is 3. The quantitative estimate of drug-likeness (QED) is 0.773. The Morgan fingerprint density at radius 3 is 2.08 bits per heavy atom. The van der Waals surface area contributed by atoms with E-state index in [9.17, 15) is 4.79 Å². The normalized spacial score (nSPS) is 13.0. The molecule has 25 heavy (non-hydrogen) atoms. The molecule has 2 atom stereocenters. The molecule has 2 rings (SSSR count). The fourth-order valence-electron chi connectivity index (χ4n) is 2.63. The third-order valence-electron chi connectivity index (χ3n) is 4.21. The highest BCUT2D eigenvalue weighted by Gasteiger charge is 2.22. The first kappa shape index (κ1) is 18.8. The van der Waals surface area contributed by atoms with Gasteiger partial charge in [-0.25, -0.2) is 0 Å². The zero-order chi connectivity index (χ0) is 18.2. The van der Waals surface area contributed by atoms with E-state index in [1.54, 1.807) is 7.11 Å². The van der Waals surface area contributed by atoms with E-state index in [-0.39, 0.29) is 11.9 Å². The Kier molecular flexibility index (Phi) is 6.87. The number of hydrogen-bond donors (Lipinski definition) is 1. The molecule has 4 heteroatoms. The molecule has 0 aliphatic rings. The van der Waals surface area contributed by atoms with Crippen LogP contribution in [0.3, 0.4) is 0 Å². The lowest BCUT2D eigenvalue weighted by molar-refractivity contribution is -0.128. The summed E-state index contributed by atoms with van der Waals surface area (Å²) in [6.07, 6.45) is 0.910. The number of nitrogens with one attached hydrogen (secondary N) is 1. The van der Waals surface area contributed by atoms with Crippen molar-refractivity contribution < 1.29 is 14.3 Å². The van der Waals surface area contributed by atoms with Crippen LogP contribution in [0.4, 0.5) is 0 Å². The van der Waals surface area contributed by atoms with Crippen LogP contribution in [0.25, 0.3) is 0 Å². The predicted octanol–water partition coefficient (Wildman–Crippen LogP) is 4.43. The van der Waals surface area contributed by atoms with Crippen molar-refractivity contribution >= 4 is 5.91 Å². The molecule has 0 spiro atoms. The van der Waals surface area contributed by atoms with Gasteiger partial charge < -0.3 is 14.8 Å². The molecule has 0 heterocycles. The van der Waals surface area contributed by atoms with Crippen molar-refractivity contribution in [3.63, 3.8) is 0 Å². The van der Waals surface area contributed by atoms with Gasteiger partial charge in [-0.3, -0.25) is 4.79 Å². The summed E-state index contributed by atoms with van der Waals surface area (Å²) in [6, 6.07) is 15.5. The topological polar surface area (TPSA) is 47.6 Å². The average molecular weight is 341 g/mol. The van der Waals surface area contributed by atoms with E-state index in [2.05, 4.69) is 12.2 Å². The van der Waals surface area contributed by atoms with Gasteiger partial charge in [0.05, 0.1) is 13.2 Å². The molecule has 0 aromatic heterocycles. The second-order valence-electron chi connectivity index (χ2n) is 6.07. The summed E-state index contributed by atoms with van der Waals surface area (Å²) < 4.78 is 11.1. The molecule has 1 N–H and O–H groups in total. The molecule has 1 amide bonds. The Morgan fingerprint density at radius 1 is 0.960 bits per heavy atom. The maximum Gasteiger partial charge on any atom is 0.261 e.